The van der Waals surface area contributed by atoms with E-state index in [1.165, 1.54) is 20.5 Å². The van der Waals surface area contributed by atoms with Crippen molar-refractivity contribution in [2.24, 2.45) is 0 Å². The minimum Gasteiger partial charge on any atom is -0.306 e. The summed E-state index contributed by atoms with van der Waals surface area (Å²) in [6.45, 7) is 5.18. The number of benzene rings is 1. The third-order valence-corrected chi connectivity index (χ3v) is 7.29. The Morgan fingerprint density at radius 2 is 2.00 bits per heavy atom. The number of hydrogen-bond donors (Lipinski definition) is 1. The molecule has 1 N–H and O–H groups in total. The van der Waals surface area contributed by atoms with Crippen LogP contribution in [0.15, 0.2) is 37.0 Å². The summed E-state index contributed by atoms with van der Waals surface area (Å²) < 4.78 is 3.43. The Morgan fingerprint density at radius 1 is 1.26 bits per heavy atom. The predicted molar refractivity (Wildman–Crippen MR) is 94.1 cm³/mol. The van der Waals surface area contributed by atoms with E-state index in [1.807, 2.05) is 0 Å². The average Bonchev–Trinajstić information content (AvgIpc) is 2.70. The lowest BCUT2D eigenvalue weighted by Crippen LogP contribution is -2.21. The van der Waals surface area contributed by atoms with Gasteiger partial charge < -0.3 is 5.32 Å². The zero-order valence-electron chi connectivity index (χ0n) is 10.6. The number of thiophene rings is 1. The minimum atomic E-state index is 0.215. The first-order valence-corrected chi connectivity index (χ1v) is 9.17. The van der Waals surface area contributed by atoms with Crippen LogP contribution in [0, 0.1) is 6.92 Å². The van der Waals surface area contributed by atoms with Crippen molar-refractivity contribution in [2.75, 3.05) is 6.54 Å². The number of aryl methyl sites for hydroxylation is 1. The van der Waals surface area contributed by atoms with Crippen LogP contribution in [-0.4, -0.2) is 6.54 Å². The summed E-state index contributed by atoms with van der Waals surface area (Å²) >= 11 is 12.6. The van der Waals surface area contributed by atoms with Crippen LogP contribution in [0.4, 0.5) is 0 Å². The molecule has 1 nitrogen and oxygen atoms in total. The summed E-state index contributed by atoms with van der Waals surface area (Å²) in [4.78, 5) is 1.30. The maximum Gasteiger partial charge on any atom is 0.0843 e. The van der Waals surface area contributed by atoms with E-state index in [9.17, 15) is 0 Å². The van der Waals surface area contributed by atoms with Gasteiger partial charge in [0.1, 0.15) is 0 Å². The molecule has 2 aromatic rings. The predicted octanol–water partition coefficient (Wildman–Crippen LogP) is 6.04. The van der Waals surface area contributed by atoms with Crippen molar-refractivity contribution in [3.8, 4) is 0 Å². The van der Waals surface area contributed by atoms with Crippen molar-refractivity contribution in [3.05, 3.63) is 53.0 Å². The lowest BCUT2D eigenvalue weighted by atomic mass is 10.0. The first-order valence-electron chi connectivity index (χ1n) is 5.97. The molecule has 1 atom stereocenters. The van der Waals surface area contributed by atoms with Gasteiger partial charge in [-0.05, 0) is 62.5 Å². The third-order valence-electron chi connectivity index (χ3n) is 2.89. The van der Waals surface area contributed by atoms with Crippen molar-refractivity contribution in [1.82, 2.24) is 5.32 Å². The quantitative estimate of drug-likeness (QED) is 0.577. The Labute approximate surface area is 143 Å². The van der Waals surface area contributed by atoms with Gasteiger partial charge in [0, 0.05) is 13.8 Å². The Morgan fingerprint density at radius 3 is 2.58 bits per heavy atom. The normalized spacial score (nSPS) is 12.7. The molecule has 0 bridgehead atoms. The van der Waals surface area contributed by atoms with Gasteiger partial charge in [-0.2, -0.15) is 0 Å². The second-order valence-corrected chi connectivity index (χ2v) is 8.29. The maximum atomic E-state index is 3.71. The number of hydrogen-bond acceptors (Lipinski definition) is 2. The number of rotatable bonds is 4. The lowest BCUT2D eigenvalue weighted by molar-refractivity contribution is 0.637. The van der Waals surface area contributed by atoms with Crippen molar-refractivity contribution >= 4 is 59.1 Å². The van der Waals surface area contributed by atoms with Crippen LogP contribution in [0.25, 0.3) is 0 Å². The Balaban J connectivity index is 2.48. The summed E-state index contributed by atoms with van der Waals surface area (Å²) in [6, 6.07) is 8.80. The van der Waals surface area contributed by atoms with Gasteiger partial charge in [0.15, 0.2) is 0 Å². The highest BCUT2D eigenvalue weighted by Crippen LogP contribution is 2.39. The molecule has 0 fully saturated rings. The Hall–Kier alpha value is 0.320. The molecule has 102 valence electrons. The Kier molecular flexibility index (Phi) is 5.66. The lowest BCUT2D eigenvalue weighted by Gasteiger charge is -2.19. The summed E-state index contributed by atoms with van der Waals surface area (Å²) in [7, 11) is 0. The van der Waals surface area contributed by atoms with E-state index in [0.717, 1.165) is 14.8 Å². The highest BCUT2D eigenvalue weighted by Gasteiger charge is 2.19. The van der Waals surface area contributed by atoms with E-state index >= 15 is 0 Å². The summed E-state index contributed by atoms with van der Waals surface area (Å²) in [5, 5.41) is 3.56. The molecule has 0 radical (unpaired) electrons. The zero-order valence-corrected chi connectivity index (χ0v) is 16.2. The molecule has 1 aromatic heterocycles. The minimum absolute atomic E-state index is 0.215. The third kappa shape index (κ3) is 3.50. The molecular weight excluding hydrogens is 454 g/mol. The van der Waals surface area contributed by atoms with Gasteiger partial charge in [0.2, 0.25) is 0 Å². The zero-order chi connectivity index (χ0) is 14.0. The SMILES string of the molecule is CCNC(c1cc(Br)c(Br)s1)c1cccc(C)c1Br. The summed E-state index contributed by atoms with van der Waals surface area (Å²) in [5.41, 5.74) is 2.54. The molecule has 19 heavy (non-hydrogen) atoms. The van der Waals surface area contributed by atoms with Gasteiger partial charge in [0.05, 0.1) is 9.83 Å². The van der Waals surface area contributed by atoms with E-state index < -0.39 is 0 Å². The molecule has 1 unspecified atom stereocenters. The van der Waals surface area contributed by atoms with Crippen molar-refractivity contribution < 1.29 is 0 Å². The van der Waals surface area contributed by atoms with Gasteiger partial charge in [-0.1, -0.05) is 41.1 Å². The fourth-order valence-corrected chi connectivity index (χ4v) is 4.64. The van der Waals surface area contributed by atoms with Crippen LogP contribution in [0.2, 0.25) is 0 Å². The van der Waals surface area contributed by atoms with Crippen LogP contribution < -0.4 is 5.32 Å². The molecule has 0 spiro atoms. The number of nitrogens with one attached hydrogen (secondary N) is 1. The van der Waals surface area contributed by atoms with Crippen LogP contribution in [0.5, 0.6) is 0 Å². The topological polar surface area (TPSA) is 12.0 Å². The number of halogens is 3. The van der Waals surface area contributed by atoms with Gasteiger partial charge in [-0.25, -0.2) is 0 Å². The molecule has 2 rings (SSSR count). The molecular formula is C14H14Br3NS. The highest BCUT2D eigenvalue weighted by atomic mass is 79.9. The largest absolute Gasteiger partial charge is 0.306 e. The van der Waals surface area contributed by atoms with Crippen LogP contribution in [0.1, 0.15) is 29.0 Å². The standard InChI is InChI=1S/C14H14Br3NS/c1-3-18-13(11-7-10(15)14(17)19-11)9-6-4-5-8(2)12(9)16/h4-7,13,18H,3H2,1-2H3. The van der Waals surface area contributed by atoms with E-state index in [0.29, 0.717) is 0 Å². The molecule has 1 aromatic carbocycles. The molecule has 0 aliphatic heterocycles. The van der Waals surface area contributed by atoms with Crippen molar-refractivity contribution in [3.63, 3.8) is 0 Å². The monoisotopic (exact) mass is 465 g/mol. The van der Waals surface area contributed by atoms with Gasteiger partial charge in [-0.3, -0.25) is 0 Å². The molecule has 5 heteroatoms. The second kappa shape index (κ2) is 6.85. The fraction of sp³-hybridized carbons (Fsp3) is 0.286. The highest BCUT2D eigenvalue weighted by molar-refractivity contribution is 9.13. The van der Waals surface area contributed by atoms with E-state index in [4.69, 9.17) is 0 Å². The molecule has 1 heterocycles. The molecule has 0 aliphatic carbocycles. The average molecular weight is 468 g/mol. The van der Waals surface area contributed by atoms with Gasteiger partial charge in [0.25, 0.3) is 0 Å². The Bertz CT molecular complexity index is 561. The van der Waals surface area contributed by atoms with Gasteiger partial charge in [-0.15, -0.1) is 11.3 Å². The molecule has 0 aliphatic rings. The van der Waals surface area contributed by atoms with E-state index in [2.05, 4.69) is 91.2 Å². The first kappa shape index (κ1) is 15.7. The van der Waals surface area contributed by atoms with Gasteiger partial charge >= 0.3 is 0 Å². The van der Waals surface area contributed by atoms with Crippen LogP contribution in [-0.2, 0) is 0 Å². The van der Waals surface area contributed by atoms with Crippen molar-refractivity contribution in [2.45, 2.75) is 19.9 Å². The molecule has 0 saturated heterocycles. The van der Waals surface area contributed by atoms with Crippen LogP contribution >= 0.6 is 59.1 Å². The fourth-order valence-electron chi connectivity index (χ4n) is 1.97. The summed E-state index contributed by atoms with van der Waals surface area (Å²) in [6.07, 6.45) is 0. The van der Waals surface area contributed by atoms with Crippen LogP contribution in [0.3, 0.4) is 0 Å². The summed E-state index contributed by atoms with van der Waals surface area (Å²) in [5.74, 6) is 0. The first-order chi connectivity index (χ1) is 9.04. The maximum absolute atomic E-state index is 3.71. The second-order valence-electron chi connectivity index (χ2n) is 4.24. The van der Waals surface area contributed by atoms with E-state index in [1.54, 1.807) is 11.3 Å². The smallest absolute Gasteiger partial charge is 0.0843 e. The molecule has 0 saturated carbocycles. The van der Waals surface area contributed by atoms with E-state index in [-0.39, 0.29) is 6.04 Å². The molecule has 0 amide bonds. The van der Waals surface area contributed by atoms with Crippen molar-refractivity contribution in [1.29, 1.82) is 0 Å².